The molecule has 0 aliphatic heterocycles. The topological polar surface area (TPSA) is 83.2 Å². The third-order valence-corrected chi connectivity index (χ3v) is 3.03. The second kappa shape index (κ2) is 5.55. The molecule has 21 heavy (non-hydrogen) atoms. The Morgan fingerprint density at radius 2 is 1.95 bits per heavy atom. The van der Waals surface area contributed by atoms with Crippen molar-refractivity contribution in [2.75, 3.05) is 6.54 Å². The highest BCUT2D eigenvalue weighted by Gasteiger charge is 2.29. The number of nitrogens with one attached hydrogen (secondary N) is 1. The van der Waals surface area contributed by atoms with Crippen molar-refractivity contribution < 1.29 is 10.2 Å². The minimum atomic E-state index is -2.02. The number of aliphatic hydroxyl groups is 2. The van der Waals surface area contributed by atoms with Crippen LogP contribution in [0.1, 0.15) is 26.5 Å². The van der Waals surface area contributed by atoms with Gasteiger partial charge in [0.1, 0.15) is 5.69 Å². The molecule has 0 amide bonds. The maximum Gasteiger partial charge on any atom is 0.220 e. The van der Waals surface area contributed by atoms with E-state index in [-0.39, 0.29) is 17.8 Å². The molecule has 114 valence electrons. The van der Waals surface area contributed by atoms with Gasteiger partial charge in [-0.3, -0.25) is 4.68 Å². The Morgan fingerprint density at radius 3 is 2.52 bits per heavy atom. The lowest BCUT2D eigenvalue weighted by atomic mass is 10.1. The molecule has 0 bridgehead atoms. The lowest BCUT2D eigenvalue weighted by molar-refractivity contribution is -0.170. The van der Waals surface area contributed by atoms with Gasteiger partial charge in [0.2, 0.25) is 5.79 Å². The van der Waals surface area contributed by atoms with Crippen LogP contribution >= 0.6 is 0 Å². The molecule has 0 unspecified atom stereocenters. The molecule has 3 N–H and O–H groups in total. The second-order valence-corrected chi connectivity index (χ2v) is 6.23. The molecule has 0 saturated carbocycles. The molecule has 2 heterocycles. The maximum atomic E-state index is 10.2. The van der Waals surface area contributed by atoms with Gasteiger partial charge in [-0.2, -0.15) is 5.10 Å². The summed E-state index contributed by atoms with van der Waals surface area (Å²) in [6, 6.07) is 5.17. The first-order chi connectivity index (χ1) is 9.67. The molecule has 2 aromatic rings. The Hall–Kier alpha value is -1.76. The molecule has 0 spiro atoms. The van der Waals surface area contributed by atoms with Gasteiger partial charge in [0.25, 0.3) is 0 Å². The highest BCUT2D eigenvalue weighted by molar-refractivity contribution is 5.57. The minimum Gasteiger partial charge on any atom is -0.360 e. The lowest BCUT2D eigenvalue weighted by Gasteiger charge is -2.28. The first-order valence-electron chi connectivity index (χ1n) is 6.84. The van der Waals surface area contributed by atoms with E-state index in [0.29, 0.717) is 5.69 Å². The van der Waals surface area contributed by atoms with Gasteiger partial charge in [-0.15, -0.1) is 0 Å². The first-order valence-corrected chi connectivity index (χ1v) is 6.84. The normalized spacial score (nSPS) is 12.7. The Labute approximate surface area is 124 Å². The second-order valence-electron chi connectivity index (χ2n) is 6.23. The molecule has 6 heteroatoms. The Kier molecular flexibility index (Phi) is 4.13. The van der Waals surface area contributed by atoms with Crippen LogP contribution in [0.5, 0.6) is 0 Å². The lowest BCUT2D eigenvalue weighted by Crippen LogP contribution is -2.46. The van der Waals surface area contributed by atoms with Crippen molar-refractivity contribution in [1.82, 2.24) is 20.1 Å². The summed E-state index contributed by atoms with van der Waals surface area (Å²) >= 11 is 0. The maximum absolute atomic E-state index is 10.2. The zero-order chi connectivity index (χ0) is 15.7. The summed E-state index contributed by atoms with van der Waals surface area (Å²) in [6.07, 6.45) is 3.52. The molecular formula is C15H22N4O2. The number of hydrogen-bond donors (Lipinski definition) is 3. The van der Waals surface area contributed by atoms with Crippen LogP contribution in [0.25, 0.3) is 11.3 Å². The SMILES string of the molecule is Cn1cc(-c2cccc(C(O)(O)CNC(C)(C)C)n2)cn1. The van der Waals surface area contributed by atoms with E-state index in [4.69, 9.17) is 0 Å². The van der Waals surface area contributed by atoms with Gasteiger partial charge in [0.15, 0.2) is 0 Å². The Morgan fingerprint density at radius 1 is 1.24 bits per heavy atom. The summed E-state index contributed by atoms with van der Waals surface area (Å²) in [5, 5.41) is 27.6. The summed E-state index contributed by atoms with van der Waals surface area (Å²) in [5.41, 5.74) is 1.49. The quantitative estimate of drug-likeness (QED) is 0.732. The number of β-amino-alcohol motifs (C(OH)–C–C–N with tert-alkyl or cyclic N) is 2. The zero-order valence-electron chi connectivity index (χ0n) is 12.8. The molecule has 0 saturated heterocycles. The van der Waals surface area contributed by atoms with Gasteiger partial charge in [-0.25, -0.2) is 4.98 Å². The Bertz CT molecular complexity index is 614. The largest absolute Gasteiger partial charge is 0.360 e. The van der Waals surface area contributed by atoms with Gasteiger partial charge in [-0.05, 0) is 32.9 Å². The highest BCUT2D eigenvalue weighted by Crippen LogP contribution is 2.21. The molecule has 0 atom stereocenters. The van der Waals surface area contributed by atoms with Crippen LogP contribution < -0.4 is 5.32 Å². The molecule has 0 aromatic carbocycles. The van der Waals surface area contributed by atoms with E-state index in [1.54, 1.807) is 23.0 Å². The molecule has 2 rings (SSSR count). The van der Waals surface area contributed by atoms with Crippen molar-refractivity contribution in [3.8, 4) is 11.3 Å². The fourth-order valence-electron chi connectivity index (χ4n) is 1.85. The molecule has 0 radical (unpaired) electrons. The summed E-state index contributed by atoms with van der Waals surface area (Å²) in [4.78, 5) is 4.34. The van der Waals surface area contributed by atoms with E-state index in [9.17, 15) is 10.2 Å². The molecular weight excluding hydrogens is 268 g/mol. The number of rotatable bonds is 4. The molecule has 2 aromatic heterocycles. The smallest absolute Gasteiger partial charge is 0.220 e. The van der Waals surface area contributed by atoms with Gasteiger partial charge in [-0.1, -0.05) is 6.07 Å². The van der Waals surface area contributed by atoms with Crippen molar-refractivity contribution in [2.24, 2.45) is 7.05 Å². The van der Waals surface area contributed by atoms with E-state index >= 15 is 0 Å². The van der Waals surface area contributed by atoms with Crippen LogP contribution in [0.2, 0.25) is 0 Å². The fourth-order valence-corrected chi connectivity index (χ4v) is 1.85. The van der Waals surface area contributed by atoms with Gasteiger partial charge < -0.3 is 15.5 Å². The van der Waals surface area contributed by atoms with Gasteiger partial charge in [0.05, 0.1) is 18.4 Å². The van der Waals surface area contributed by atoms with E-state index in [0.717, 1.165) is 5.56 Å². The monoisotopic (exact) mass is 290 g/mol. The van der Waals surface area contributed by atoms with Crippen molar-refractivity contribution >= 4 is 0 Å². The third kappa shape index (κ3) is 4.10. The van der Waals surface area contributed by atoms with Gasteiger partial charge >= 0.3 is 0 Å². The van der Waals surface area contributed by atoms with Crippen LogP contribution in [0.15, 0.2) is 30.6 Å². The number of pyridine rings is 1. The van der Waals surface area contributed by atoms with E-state index in [2.05, 4.69) is 15.4 Å². The summed E-state index contributed by atoms with van der Waals surface area (Å²) in [5.74, 6) is -2.02. The highest BCUT2D eigenvalue weighted by atomic mass is 16.5. The van der Waals surface area contributed by atoms with E-state index in [1.165, 1.54) is 0 Å². The molecule has 6 nitrogen and oxygen atoms in total. The summed E-state index contributed by atoms with van der Waals surface area (Å²) in [7, 11) is 1.82. The zero-order valence-corrected chi connectivity index (χ0v) is 12.8. The van der Waals surface area contributed by atoms with Crippen LogP contribution in [0.4, 0.5) is 0 Å². The third-order valence-electron chi connectivity index (χ3n) is 3.03. The van der Waals surface area contributed by atoms with Crippen LogP contribution in [-0.4, -0.2) is 37.1 Å². The van der Waals surface area contributed by atoms with Crippen molar-refractivity contribution in [3.05, 3.63) is 36.3 Å². The number of nitrogens with zero attached hydrogens (tertiary/aromatic N) is 3. The van der Waals surface area contributed by atoms with E-state index in [1.807, 2.05) is 40.1 Å². The average Bonchev–Trinajstić information content (AvgIpc) is 2.83. The predicted octanol–water partition coefficient (Wildman–Crippen LogP) is 1.01. The van der Waals surface area contributed by atoms with E-state index < -0.39 is 5.79 Å². The molecule has 0 fully saturated rings. The van der Waals surface area contributed by atoms with Crippen LogP contribution in [0.3, 0.4) is 0 Å². The first kappa shape index (κ1) is 15.6. The number of aromatic nitrogens is 3. The number of hydrogen-bond acceptors (Lipinski definition) is 5. The standard InChI is InChI=1S/C15H22N4O2/c1-14(2,3)16-10-15(20,21)13-7-5-6-12(18-13)11-8-17-19(4)9-11/h5-9,16,20-21H,10H2,1-4H3. The average molecular weight is 290 g/mol. The summed E-state index contributed by atoms with van der Waals surface area (Å²) in [6.45, 7) is 5.88. The van der Waals surface area contributed by atoms with Gasteiger partial charge in [0, 0.05) is 24.3 Å². The predicted molar refractivity (Wildman–Crippen MR) is 80.3 cm³/mol. The van der Waals surface area contributed by atoms with Crippen molar-refractivity contribution in [2.45, 2.75) is 32.1 Å². The van der Waals surface area contributed by atoms with Crippen LogP contribution in [0, 0.1) is 0 Å². The fraction of sp³-hybridized carbons (Fsp3) is 0.467. The molecule has 0 aliphatic rings. The van der Waals surface area contributed by atoms with Crippen LogP contribution in [-0.2, 0) is 12.8 Å². The molecule has 0 aliphatic carbocycles. The number of aryl methyl sites for hydroxylation is 1. The summed E-state index contributed by atoms with van der Waals surface area (Å²) < 4.78 is 1.68. The Balaban J connectivity index is 2.24. The van der Waals surface area contributed by atoms with Crippen molar-refractivity contribution in [3.63, 3.8) is 0 Å². The van der Waals surface area contributed by atoms with Crippen molar-refractivity contribution in [1.29, 1.82) is 0 Å². The minimum absolute atomic E-state index is 0.00000693.